The summed E-state index contributed by atoms with van der Waals surface area (Å²) < 4.78 is 1.20. The molecule has 0 aliphatic rings. The monoisotopic (exact) mass is 219 g/mol. The van der Waals surface area contributed by atoms with E-state index in [1.807, 2.05) is 6.92 Å². The van der Waals surface area contributed by atoms with Crippen LogP contribution < -0.4 is 0 Å². The van der Waals surface area contributed by atoms with Crippen LogP contribution in [0.4, 0.5) is 0 Å². The van der Waals surface area contributed by atoms with Gasteiger partial charge >= 0.3 is 0 Å². The minimum Gasteiger partial charge on any atom is -0.245 e. The first kappa shape index (κ1) is 8.21. The van der Waals surface area contributed by atoms with Gasteiger partial charge in [-0.05, 0) is 29.3 Å². The average molecular weight is 220 g/mol. The van der Waals surface area contributed by atoms with Gasteiger partial charge in [0.15, 0.2) is 0 Å². The molecule has 3 heteroatoms. The van der Waals surface area contributed by atoms with Crippen molar-refractivity contribution in [1.82, 2.24) is 4.98 Å². The van der Waals surface area contributed by atoms with Gasteiger partial charge in [0.25, 0.3) is 0 Å². The number of aromatic nitrogens is 1. The van der Waals surface area contributed by atoms with E-state index in [1.54, 1.807) is 11.3 Å². The van der Waals surface area contributed by atoms with Crippen molar-refractivity contribution >= 4 is 27.3 Å². The first-order valence-corrected chi connectivity index (χ1v) is 4.96. The molecule has 10 heavy (non-hydrogen) atoms. The van der Waals surface area contributed by atoms with Crippen LogP contribution in [0.2, 0.25) is 0 Å². The van der Waals surface area contributed by atoms with Crippen molar-refractivity contribution in [3.05, 3.63) is 14.5 Å². The Morgan fingerprint density at radius 2 is 2.30 bits per heavy atom. The lowest BCUT2D eigenvalue weighted by Gasteiger charge is -1.89. The maximum Gasteiger partial charge on any atom is 0.0931 e. The van der Waals surface area contributed by atoms with Crippen molar-refractivity contribution in [2.24, 2.45) is 0 Å². The normalized spacial score (nSPS) is 10.3. The molecule has 0 atom stereocenters. The lowest BCUT2D eigenvalue weighted by Crippen LogP contribution is -1.83. The van der Waals surface area contributed by atoms with Crippen LogP contribution in [0, 0.1) is 6.92 Å². The molecule has 0 saturated heterocycles. The predicted molar refractivity (Wildman–Crippen MR) is 48.5 cm³/mol. The number of hydrogen-bond donors (Lipinski definition) is 0. The van der Waals surface area contributed by atoms with Crippen molar-refractivity contribution in [3.8, 4) is 0 Å². The van der Waals surface area contributed by atoms with Crippen LogP contribution >= 0.6 is 27.3 Å². The zero-order valence-corrected chi connectivity index (χ0v) is 8.55. The Kier molecular flexibility index (Phi) is 2.86. The molecule has 1 rings (SSSR count). The van der Waals surface area contributed by atoms with Gasteiger partial charge in [-0.15, -0.1) is 11.3 Å². The van der Waals surface area contributed by atoms with E-state index in [0.717, 1.165) is 11.4 Å². The summed E-state index contributed by atoms with van der Waals surface area (Å²) in [4.78, 5) is 4.37. The third-order valence-electron chi connectivity index (χ3n) is 1.24. The summed E-state index contributed by atoms with van der Waals surface area (Å²) in [5.41, 5.74) is 1.21. The molecule has 0 fully saturated rings. The minimum atomic E-state index is 1.09. The lowest BCUT2D eigenvalue weighted by atomic mass is 10.3. The van der Waals surface area contributed by atoms with E-state index in [2.05, 4.69) is 27.8 Å². The number of aryl methyl sites for hydroxylation is 2. The maximum absolute atomic E-state index is 4.37. The highest BCUT2D eigenvalue weighted by atomic mass is 79.9. The molecule has 0 bridgehead atoms. The topological polar surface area (TPSA) is 12.9 Å². The third-order valence-corrected chi connectivity index (χ3v) is 2.99. The van der Waals surface area contributed by atoms with Gasteiger partial charge in [0, 0.05) is 0 Å². The molecule has 0 saturated carbocycles. The Labute approximate surface area is 73.6 Å². The van der Waals surface area contributed by atoms with Gasteiger partial charge in [0.05, 0.1) is 14.5 Å². The summed E-state index contributed by atoms with van der Waals surface area (Å²) >= 11 is 5.19. The fourth-order valence-electron chi connectivity index (χ4n) is 0.836. The van der Waals surface area contributed by atoms with Gasteiger partial charge in [-0.25, -0.2) is 4.98 Å². The van der Waals surface area contributed by atoms with E-state index in [-0.39, 0.29) is 0 Å². The van der Waals surface area contributed by atoms with Gasteiger partial charge in [0.2, 0.25) is 0 Å². The molecular formula is C7H10BrNS. The van der Waals surface area contributed by atoms with Crippen LogP contribution in [0.1, 0.15) is 24.0 Å². The van der Waals surface area contributed by atoms with Gasteiger partial charge in [-0.3, -0.25) is 0 Å². The third kappa shape index (κ3) is 1.80. The Morgan fingerprint density at radius 1 is 1.60 bits per heavy atom. The van der Waals surface area contributed by atoms with Gasteiger partial charge in [-0.1, -0.05) is 13.3 Å². The first-order chi connectivity index (χ1) is 4.74. The highest BCUT2D eigenvalue weighted by molar-refractivity contribution is 9.11. The molecule has 0 unspecified atom stereocenters. The quantitative estimate of drug-likeness (QED) is 0.745. The van der Waals surface area contributed by atoms with E-state index in [1.165, 1.54) is 15.9 Å². The molecule has 1 aromatic rings. The molecule has 0 spiro atoms. The van der Waals surface area contributed by atoms with Crippen LogP contribution in [0.25, 0.3) is 0 Å². The largest absolute Gasteiger partial charge is 0.245 e. The molecule has 1 heterocycles. The van der Waals surface area contributed by atoms with E-state index < -0.39 is 0 Å². The Hall–Kier alpha value is 0.110. The standard InChI is InChI=1S/C7H10BrNS/c1-3-4-6-7(8)10-5(2)9-6/h3-4H2,1-2H3. The maximum atomic E-state index is 4.37. The SMILES string of the molecule is CCCc1nc(C)sc1Br. The number of rotatable bonds is 2. The molecule has 1 nitrogen and oxygen atoms in total. The van der Waals surface area contributed by atoms with Crippen molar-refractivity contribution < 1.29 is 0 Å². The van der Waals surface area contributed by atoms with Crippen LogP contribution in [-0.2, 0) is 6.42 Å². The summed E-state index contributed by atoms with van der Waals surface area (Å²) in [5.74, 6) is 0. The summed E-state index contributed by atoms with van der Waals surface area (Å²) in [6, 6.07) is 0. The number of hydrogen-bond acceptors (Lipinski definition) is 2. The molecular weight excluding hydrogens is 210 g/mol. The number of thiazole rings is 1. The second-order valence-corrected chi connectivity index (χ2v) is 4.72. The van der Waals surface area contributed by atoms with Crippen LogP contribution in [0.5, 0.6) is 0 Å². The summed E-state index contributed by atoms with van der Waals surface area (Å²) in [5, 5.41) is 1.15. The fraction of sp³-hybridized carbons (Fsp3) is 0.571. The lowest BCUT2D eigenvalue weighted by molar-refractivity contribution is 0.883. The van der Waals surface area contributed by atoms with Gasteiger partial charge < -0.3 is 0 Å². The van der Waals surface area contributed by atoms with Crippen LogP contribution in [-0.4, -0.2) is 4.98 Å². The van der Waals surface area contributed by atoms with Crippen LogP contribution in [0.15, 0.2) is 3.79 Å². The number of nitrogens with zero attached hydrogens (tertiary/aromatic N) is 1. The summed E-state index contributed by atoms with van der Waals surface area (Å²) in [6.07, 6.45) is 2.26. The van der Waals surface area contributed by atoms with Gasteiger partial charge in [-0.2, -0.15) is 0 Å². The molecule has 0 aliphatic carbocycles. The zero-order chi connectivity index (χ0) is 7.56. The Bertz CT molecular complexity index is 219. The van der Waals surface area contributed by atoms with E-state index in [0.29, 0.717) is 0 Å². The summed E-state index contributed by atoms with van der Waals surface area (Å²) in [6.45, 7) is 4.20. The molecule has 0 aliphatic heterocycles. The fourth-order valence-corrected chi connectivity index (χ4v) is 2.51. The van der Waals surface area contributed by atoms with Gasteiger partial charge in [0.1, 0.15) is 0 Å². The van der Waals surface area contributed by atoms with E-state index in [9.17, 15) is 0 Å². The molecule has 1 aromatic heterocycles. The molecule has 0 aromatic carbocycles. The smallest absolute Gasteiger partial charge is 0.0931 e. The molecule has 0 amide bonds. The minimum absolute atomic E-state index is 1.09. The summed E-state index contributed by atoms with van der Waals surface area (Å²) in [7, 11) is 0. The highest BCUT2D eigenvalue weighted by Gasteiger charge is 2.03. The second kappa shape index (κ2) is 3.49. The zero-order valence-electron chi connectivity index (χ0n) is 6.15. The highest BCUT2D eigenvalue weighted by Crippen LogP contribution is 2.24. The van der Waals surface area contributed by atoms with E-state index in [4.69, 9.17) is 0 Å². The Morgan fingerprint density at radius 3 is 2.70 bits per heavy atom. The molecule has 0 N–H and O–H groups in total. The van der Waals surface area contributed by atoms with Crippen molar-refractivity contribution in [3.63, 3.8) is 0 Å². The van der Waals surface area contributed by atoms with E-state index >= 15 is 0 Å². The Balaban J connectivity index is 2.81. The predicted octanol–water partition coefficient (Wildman–Crippen LogP) is 3.17. The van der Waals surface area contributed by atoms with Crippen molar-refractivity contribution in [2.75, 3.05) is 0 Å². The first-order valence-electron chi connectivity index (χ1n) is 3.36. The molecule has 56 valence electrons. The van der Waals surface area contributed by atoms with Crippen molar-refractivity contribution in [2.45, 2.75) is 26.7 Å². The second-order valence-electron chi connectivity index (χ2n) is 2.20. The van der Waals surface area contributed by atoms with Crippen LogP contribution in [0.3, 0.4) is 0 Å². The van der Waals surface area contributed by atoms with Crippen molar-refractivity contribution in [1.29, 1.82) is 0 Å². The average Bonchev–Trinajstić information content (AvgIpc) is 2.13. The molecule has 0 radical (unpaired) electrons. The number of halogens is 1.